The summed E-state index contributed by atoms with van der Waals surface area (Å²) in [5.74, 6) is 0.844. The van der Waals surface area contributed by atoms with Crippen molar-refractivity contribution in [2.24, 2.45) is 0 Å². The SMILES string of the molecule is Cc1ccc(-c2cnc(CCC(=O)NCc3ccc(F)cc3)o2)cc1. The number of aryl methyl sites for hydroxylation is 2. The third kappa shape index (κ3) is 4.76. The van der Waals surface area contributed by atoms with Crippen molar-refractivity contribution in [2.75, 3.05) is 0 Å². The van der Waals surface area contributed by atoms with E-state index in [4.69, 9.17) is 4.42 Å². The number of amides is 1. The van der Waals surface area contributed by atoms with Gasteiger partial charge in [0.05, 0.1) is 6.20 Å². The fourth-order valence-electron chi connectivity index (χ4n) is 2.39. The molecule has 0 saturated heterocycles. The number of benzene rings is 2. The quantitative estimate of drug-likeness (QED) is 0.738. The highest BCUT2D eigenvalue weighted by Gasteiger charge is 2.09. The average Bonchev–Trinajstić information content (AvgIpc) is 3.09. The van der Waals surface area contributed by atoms with Crippen molar-refractivity contribution in [1.29, 1.82) is 0 Å². The number of carbonyl (C=O) groups excluding carboxylic acids is 1. The molecule has 0 aliphatic rings. The first-order chi connectivity index (χ1) is 12.1. The van der Waals surface area contributed by atoms with Crippen LogP contribution in [0.2, 0.25) is 0 Å². The van der Waals surface area contributed by atoms with Gasteiger partial charge in [-0.15, -0.1) is 0 Å². The molecule has 128 valence electrons. The van der Waals surface area contributed by atoms with E-state index in [1.807, 2.05) is 31.2 Å². The summed E-state index contributed by atoms with van der Waals surface area (Å²) >= 11 is 0. The third-order valence-electron chi connectivity index (χ3n) is 3.86. The fourth-order valence-corrected chi connectivity index (χ4v) is 2.39. The Morgan fingerprint density at radius 2 is 1.84 bits per heavy atom. The lowest BCUT2D eigenvalue weighted by Gasteiger charge is -2.04. The van der Waals surface area contributed by atoms with E-state index >= 15 is 0 Å². The zero-order valence-electron chi connectivity index (χ0n) is 14.0. The Bertz CT molecular complexity index is 839. The minimum Gasteiger partial charge on any atom is -0.441 e. The van der Waals surface area contributed by atoms with Crippen LogP contribution < -0.4 is 5.32 Å². The van der Waals surface area contributed by atoms with Crippen LogP contribution in [-0.4, -0.2) is 10.9 Å². The zero-order chi connectivity index (χ0) is 17.6. The molecule has 3 rings (SSSR count). The second kappa shape index (κ2) is 7.75. The van der Waals surface area contributed by atoms with Crippen LogP contribution in [0, 0.1) is 12.7 Å². The number of aromatic nitrogens is 1. The van der Waals surface area contributed by atoms with Crippen LogP contribution >= 0.6 is 0 Å². The van der Waals surface area contributed by atoms with Gasteiger partial charge in [-0.3, -0.25) is 4.79 Å². The van der Waals surface area contributed by atoms with Crippen molar-refractivity contribution in [3.63, 3.8) is 0 Å². The van der Waals surface area contributed by atoms with E-state index in [0.717, 1.165) is 11.1 Å². The Hall–Kier alpha value is -2.95. The number of rotatable bonds is 6. The van der Waals surface area contributed by atoms with Gasteiger partial charge < -0.3 is 9.73 Å². The van der Waals surface area contributed by atoms with Crippen LogP contribution in [0.25, 0.3) is 11.3 Å². The number of nitrogens with one attached hydrogen (secondary N) is 1. The largest absolute Gasteiger partial charge is 0.441 e. The smallest absolute Gasteiger partial charge is 0.220 e. The lowest BCUT2D eigenvalue weighted by atomic mass is 10.1. The van der Waals surface area contributed by atoms with Gasteiger partial charge in [0.15, 0.2) is 11.7 Å². The molecular formula is C20H19FN2O2. The second-order valence-electron chi connectivity index (χ2n) is 5.89. The van der Waals surface area contributed by atoms with Crippen molar-refractivity contribution in [3.8, 4) is 11.3 Å². The highest BCUT2D eigenvalue weighted by molar-refractivity contribution is 5.76. The van der Waals surface area contributed by atoms with E-state index in [1.165, 1.54) is 17.7 Å². The molecule has 0 fully saturated rings. The van der Waals surface area contributed by atoms with Crippen LogP contribution in [0.1, 0.15) is 23.4 Å². The molecule has 4 nitrogen and oxygen atoms in total. The molecule has 1 heterocycles. The number of carbonyl (C=O) groups is 1. The van der Waals surface area contributed by atoms with Crippen molar-refractivity contribution >= 4 is 5.91 Å². The van der Waals surface area contributed by atoms with Crippen LogP contribution in [0.5, 0.6) is 0 Å². The Labute approximate surface area is 145 Å². The summed E-state index contributed by atoms with van der Waals surface area (Å²) in [7, 11) is 0. The molecule has 0 spiro atoms. The Kier molecular flexibility index (Phi) is 5.23. The van der Waals surface area contributed by atoms with E-state index < -0.39 is 0 Å². The van der Waals surface area contributed by atoms with E-state index in [9.17, 15) is 9.18 Å². The molecular weight excluding hydrogens is 319 g/mol. The topological polar surface area (TPSA) is 55.1 Å². The van der Waals surface area contributed by atoms with E-state index in [0.29, 0.717) is 24.6 Å². The van der Waals surface area contributed by atoms with E-state index in [-0.39, 0.29) is 18.1 Å². The molecule has 2 aromatic carbocycles. The molecule has 0 saturated carbocycles. The lowest BCUT2D eigenvalue weighted by Crippen LogP contribution is -2.23. The van der Waals surface area contributed by atoms with Gasteiger partial charge in [-0.05, 0) is 24.6 Å². The van der Waals surface area contributed by atoms with Gasteiger partial charge in [0.1, 0.15) is 5.82 Å². The predicted molar refractivity (Wildman–Crippen MR) is 93.2 cm³/mol. The van der Waals surface area contributed by atoms with Crippen molar-refractivity contribution in [1.82, 2.24) is 10.3 Å². The maximum Gasteiger partial charge on any atom is 0.220 e. The summed E-state index contributed by atoms with van der Waals surface area (Å²) in [6, 6.07) is 14.0. The maximum absolute atomic E-state index is 12.8. The van der Waals surface area contributed by atoms with Crippen LogP contribution in [0.4, 0.5) is 4.39 Å². The summed E-state index contributed by atoms with van der Waals surface area (Å²) in [6.07, 6.45) is 2.40. The molecule has 5 heteroatoms. The summed E-state index contributed by atoms with van der Waals surface area (Å²) in [5, 5.41) is 2.80. The van der Waals surface area contributed by atoms with Crippen molar-refractivity contribution < 1.29 is 13.6 Å². The number of hydrogen-bond donors (Lipinski definition) is 1. The normalized spacial score (nSPS) is 10.6. The van der Waals surface area contributed by atoms with Gasteiger partial charge in [-0.1, -0.05) is 42.0 Å². The molecule has 25 heavy (non-hydrogen) atoms. The minimum absolute atomic E-state index is 0.0978. The highest BCUT2D eigenvalue weighted by atomic mass is 19.1. The fraction of sp³-hybridized carbons (Fsp3) is 0.200. The molecule has 0 aliphatic heterocycles. The van der Waals surface area contributed by atoms with Gasteiger partial charge in [-0.25, -0.2) is 9.37 Å². The zero-order valence-corrected chi connectivity index (χ0v) is 14.0. The third-order valence-corrected chi connectivity index (χ3v) is 3.86. The van der Waals surface area contributed by atoms with Gasteiger partial charge in [-0.2, -0.15) is 0 Å². The number of oxazole rings is 1. The Morgan fingerprint density at radius 3 is 2.56 bits per heavy atom. The van der Waals surface area contributed by atoms with Crippen LogP contribution in [0.15, 0.2) is 59.1 Å². The molecule has 3 aromatic rings. The molecule has 1 amide bonds. The minimum atomic E-state index is -0.289. The van der Waals surface area contributed by atoms with Gasteiger partial charge in [0.25, 0.3) is 0 Å². The van der Waals surface area contributed by atoms with Crippen LogP contribution in [-0.2, 0) is 17.8 Å². The first kappa shape index (κ1) is 16.9. The molecule has 1 aromatic heterocycles. The van der Waals surface area contributed by atoms with Crippen molar-refractivity contribution in [3.05, 3.63) is 77.6 Å². The lowest BCUT2D eigenvalue weighted by molar-refractivity contribution is -0.121. The number of halogens is 1. The number of hydrogen-bond acceptors (Lipinski definition) is 3. The molecule has 0 aliphatic carbocycles. The first-order valence-electron chi connectivity index (χ1n) is 8.13. The maximum atomic E-state index is 12.8. The Morgan fingerprint density at radius 1 is 1.12 bits per heavy atom. The molecule has 0 unspecified atom stereocenters. The van der Waals surface area contributed by atoms with Gasteiger partial charge in [0, 0.05) is 24.9 Å². The predicted octanol–water partition coefficient (Wildman–Crippen LogP) is 4.04. The molecule has 0 bridgehead atoms. The summed E-state index contributed by atoms with van der Waals surface area (Å²) in [4.78, 5) is 16.1. The monoisotopic (exact) mass is 338 g/mol. The summed E-state index contributed by atoms with van der Waals surface area (Å²) in [6.45, 7) is 2.40. The summed E-state index contributed by atoms with van der Waals surface area (Å²) in [5.41, 5.74) is 3.00. The molecule has 0 atom stereocenters. The van der Waals surface area contributed by atoms with E-state index in [1.54, 1.807) is 18.3 Å². The highest BCUT2D eigenvalue weighted by Crippen LogP contribution is 2.21. The number of nitrogens with zero attached hydrogens (tertiary/aromatic N) is 1. The second-order valence-corrected chi connectivity index (χ2v) is 5.89. The van der Waals surface area contributed by atoms with Crippen molar-refractivity contribution in [2.45, 2.75) is 26.3 Å². The first-order valence-corrected chi connectivity index (χ1v) is 8.13. The van der Waals surface area contributed by atoms with Gasteiger partial charge >= 0.3 is 0 Å². The Balaban J connectivity index is 1.49. The standard InChI is InChI=1S/C20H19FN2O2/c1-14-2-6-16(7-3-14)18-13-23-20(25-18)11-10-19(24)22-12-15-4-8-17(21)9-5-15/h2-9,13H,10-12H2,1H3,(H,22,24). The molecule has 1 N–H and O–H groups in total. The van der Waals surface area contributed by atoms with E-state index in [2.05, 4.69) is 10.3 Å². The van der Waals surface area contributed by atoms with Gasteiger partial charge in [0.2, 0.25) is 5.91 Å². The van der Waals surface area contributed by atoms with Crippen LogP contribution in [0.3, 0.4) is 0 Å². The summed E-state index contributed by atoms with van der Waals surface area (Å²) < 4.78 is 18.5. The molecule has 0 radical (unpaired) electrons. The average molecular weight is 338 g/mol.